The molecule has 1 amide bonds. The lowest BCUT2D eigenvalue weighted by atomic mass is 9.89. The number of hydrogen-bond donors (Lipinski definition) is 0. The Morgan fingerprint density at radius 3 is 2.23 bits per heavy atom. The SMILES string of the molecule is CCC(F)(CCN(C)C(=O)OC(C)(C)C)c1ccc(C)cc1. The van der Waals surface area contributed by atoms with Gasteiger partial charge in [0.05, 0.1) is 0 Å². The Labute approximate surface area is 133 Å². The molecule has 0 N–H and O–H groups in total. The third-order valence-electron chi connectivity index (χ3n) is 3.68. The van der Waals surface area contributed by atoms with Crippen LogP contribution in [0.25, 0.3) is 0 Å². The molecule has 0 bridgehead atoms. The molecule has 0 saturated heterocycles. The maximum atomic E-state index is 15.2. The number of rotatable bonds is 5. The first-order chi connectivity index (χ1) is 10.1. The number of aryl methyl sites for hydroxylation is 1. The van der Waals surface area contributed by atoms with Crippen molar-refractivity contribution in [1.29, 1.82) is 0 Å². The van der Waals surface area contributed by atoms with Crippen molar-refractivity contribution in [3.8, 4) is 0 Å². The minimum atomic E-state index is -1.43. The van der Waals surface area contributed by atoms with Crippen LogP contribution in [-0.4, -0.2) is 30.2 Å². The molecule has 0 aliphatic heterocycles. The van der Waals surface area contributed by atoms with Crippen LogP contribution >= 0.6 is 0 Å². The highest BCUT2D eigenvalue weighted by Crippen LogP contribution is 2.33. The predicted molar refractivity (Wildman–Crippen MR) is 87.7 cm³/mol. The summed E-state index contributed by atoms with van der Waals surface area (Å²) >= 11 is 0. The number of benzene rings is 1. The maximum Gasteiger partial charge on any atom is 0.410 e. The Kier molecular flexibility index (Phi) is 5.98. The van der Waals surface area contributed by atoms with Crippen LogP contribution < -0.4 is 0 Å². The van der Waals surface area contributed by atoms with Crippen LogP contribution in [0.3, 0.4) is 0 Å². The Morgan fingerprint density at radius 2 is 1.77 bits per heavy atom. The van der Waals surface area contributed by atoms with Gasteiger partial charge in [0, 0.05) is 20.0 Å². The highest BCUT2D eigenvalue weighted by Gasteiger charge is 2.31. The van der Waals surface area contributed by atoms with Gasteiger partial charge in [-0.1, -0.05) is 36.8 Å². The number of amides is 1. The number of hydrogen-bond acceptors (Lipinski definition) is 2. The zero-order valence-corrected chi connectivity index (χ0v) is 14.6. The van der Waals surface area contributed by atoms with E-state index in [1.807, 2.05) is 58.9 Å². The molecule has 1 aromatic rings. The molecule has 3 nitrogen and oxygen atoms in total. The Bertz CT molecular complexity index is 493. The van der Waals surface area contributed by atoms with E-state index in [9.17, 15) is 4.79 Å². The van der Waals surface area contributed by atoms with E-state index in [1.54, 1.807) is 7.05 Å². The van der Waals surface area contributed by atoms with Crippen LogP contribution in [-0.2, 0) is 10.4 Å². The third kappa shape index (κ3) is 5.32. The van der Waals surface area contributed by atoms with E-state index >= 15 is 4.39 Å². The molecule has 1 rings (SSSR count). The van der Waals surface area contributed by atoms with E-state index in [0.29, 0.717) is 18.5 Å². The van der Waals surface area contributed by atoms with E-state index in [-0.39, 0.29) is 6.42 Å². The van der Waals surface area contributed by atoms with Gasteiger partial charge in [-0.2, -0.15) is 0 Å². The second kappa shape index (κ2) is 7.12. The Balaban J connectivity index is 2.70. The van der Waals surface area contributed by atoms with Crippen molar-refractivity contribution in [2.24, 2.45) is 0 Å². The van der Waals surface area contributed by atoms with Crippen LogP contribution in [0.4, 0.5) is 9.18 Å². The molecule has 1 atom stereocenters. The highest BCUT2D eigenvalue weighted by atomic mass is 19.1. The smallest absolute Gasteiger partial charge is 0.410 e. The first kappa shape index (κ1) is 18.5. The van der Waals surface area contributed by atoms with Crippen LogP contribution in [0.15, 0.2) is 24.3 Å². The quantitative estimate of drug-likeness (QED) is 0.780. The van der Waals surface area contributed by atoms with E-state index in [0.717, 1.165) is 5.56 Å². The van der Waals surface area contributed by atoms with Crippen molar-refractivity contribution < 1.29 is 13.9 Å². The summed E-state index contributed by atoms with van der Waals surface area (Å²) in [5, 5.41) is 0. The molecule has 124 valence electrons. The summed E-state index contributed by atoms with van der Waals surface area (Å²) in [6, 6.07) is 7.48. The standard InChI is InChI=1S/C18H28FNO2/c1-7-18(19,15-10-8-14(2)9-11-15)12-13-20(6)16(21)22-17(3,4)5/h8-11H,7,12-13H2,1-6H3. The average molecular weight is 309 g/mol. The summed E-state index contributed by atoms with van der Waals surface area (Å²) in [6.07, 6.45) is 0.204. The fourth-order valence-corrected chi connectivity index (χ4v) is 2.15. The molecule has 0 fully saturated rings. The van der Waals surface area contributed by atoms with Gasteiger partial charge in [-0.25, -0.2) is 9.18 Å². The first-order valence-electron chi connectivity index (χ1n) is 7.77. The van der Waals surface area contributed by atoms with Crippen molar-refractivity contribution in [1.82, 2.24) is 4.90 Å². The minimum Gasteiger partial charge on any atom is -0.444 e. The lowest BCUT2D eigenvalue weighted by Crippen LogP contribution is -2.36. The normalized spacial score (nSPS) is 14.3. The largest absolute Gasteiger partial charge is 0.444 e. The molecule has 1 unspecified atom stereocenters. The van der Waals surface area contributed by atoms with Gasteiger partial charge in [0.25, 0.3) is 0 Å². The van der Waals surface area contributed by atoms with Crippen LogP contribution in [0, 0.1) is 6.92 Å². The molecular formula is C18H28FNO2. The second-order valence-corrected chi connectivity index (χ2v) is 6.84. The van der Waals surface area contributed by atoms with E-state index in [4.69, 9.17) is 4.74 Å². The third-order valence-corrected chi connectivity index (χ3v) is 3.68. The fraction of sp³-hybridized carbons (Fsp3) is 0.611. The average Bonchev–Trinajstić information content (AvgIpc) is 2.43. The van der Waals surface area contributed by atoms with Gasteiger partial charge in [0.1, 0.15) is 11.3 Å². The van der Waals surface area contributed by atoms with Crippen LogP contribution in [0.5, 0.6) is 0 Å². The summed E-state index contributed by atoms with van der Waals surface area (Å²) in [6.45, 7) is 9.57. The molecule has 1 aromatic carbocycles. The molecule has 0 saturated carbocycles. The monoisotopic (exact) mass is 309 g/mol. The zero-order chi connectivity index (χ0) is 17.0. The Morgan fingerprint density at radius 1 is 1.23 bits per heavy atom. The van der Waals surface area contributed by atoms with Crippen molar-refractivity contribution in [2.45, 2.75) is 58.7 Å². The highest BCUT2D eigenvalue weighted by molar-refractivity contribution is 5.67. The summed E-state index contributed by atoms with van der Waals surface area (Å²) in [5.41, 5.74) is -0.199. The van der Waals surface area contributed by atoms with E-state index < -0.39 is 17.4 Å². The van der Waals surface area contributed by atoms with Gasteiger partial charge in [0.15, 0.2) is 0 Å². The Hall–Kier alpha value is -1.58. The molecule has 0 spiro atoms. The summed E-state index contributed by atoms with van der Waals surface area (Å²) in [7, 11) is 1.64. The van der Waals surface area contributed by atoms with E-state index in [2.05, 4.69) is 0 Å². The lowest BCUT2D eigenvalue weighted by Gasteiger charge is -2.29. The van der Waals surface area contributed by atoms with Gasteiger partial charge in [-0.15, -0.1) is 0 Å². The number of nitrogens with zero attached hydrogens (tertiary/aromatic N) is 1. The summed E-state index contributed by atoms with van der Waals surface area (Å²) < 4.78 is 20.5. The number of alkyl halides is 1. The van der Waals surface area contributed by atoms with Gasteiger partial charge in [-0.05, 0) is 39.7 Å². The van der Waals surface area contributed by atoms with E-state index in [1.165, 1.54) is 4.90 Å². The molecule has 4 heteroatoms. The zero-order valence-electron chi connectivity index (χ0n) is 14.6. The van der Waals surface area contributed by atoms with Crippen LogP contribution in [0.2, 0.25) is 0 Å². The maximum absolute atomic E-state index is 15.2. The van der Waals surface area contributed by atoms with Crippen molar-refractivity contribution >= 4 is 6.09 Å². The topological polar surface area (TPSA) is 29.5 Å². The molecular weight excluding hydrogens is 281 g/mol. The predicted octanol–water partition coefficient (Wildman–Crippen LogP) is 4.83. The number of ether oxygens (including phenoxy) is 1. The summed E-state index contributed by atoms with van der Waals surface area (Å²) in [5.74, 6) is 0. The number of carbonyl (C=O) groups excluding carboxylic acids is 1. The molecule has 0 aromatic heterocycles. The van der Waals surface area contributed by atoms with Gasteiger partial charge in [-0.3, -0.25) is 0 Å². The molecule has 0 heterocycles. The van der Waals surface area contributed by atoms with Gasteiger partial charge >= 0.3 is 6.09 Å². The molecule has 0 aliphatic rings. The minimum absolute atomic E-state index is 0.252. The van der Waals surface area contributed by atoms with Crippen molar-refractivity contribution in [2.75, 3.05) is 13.6 Å². The molecule has 0 radical (unpaired) electrons. The van der Waals surface area contributed by atoms with Gasteiger partial charge in [0.2, 0.25) is 0 Å². The number of halogens is 1. The molecule has 0 aliphatic carbocycles. The summed E-state index contributed by atoms with van der Waals surface area (Å²) in [4.78, 5) is 13.4. The first-order valence-corrected chi connectivity index (χ1v) is 7.77. The van der Waals surface area contributed by atoms with Crippen molar-refractivity contribution in [3.05, 3.63) is 35.4 Å². The fourth-order valence-electron chi connectivity index (χ4n) is 2.15. The molecule has 22 heavy (non-hydrogen) atoms. The number of carbonyl (C=O) groups is 1. The second-order valence-electron chi connectivity index (χ2n) is 6.84. The van der Waals surface area contributed by atoms with Crippen molar-refractivity contribution in [3.63, 3.8) is 0 Å². The van der Waals surface area contributed by atoms with Gasteiger partial charge < -0.3 is 9.64 Å². The lowest BCUT2D eigenvalue weighted by molar-refractivity contribution is 0.0256. The van der Waals surface area contributed by atoms with Crippen LogP contribution in [0.1, 0.15) is 51.7 Å².